The number of imidazole rings is 1. The first-order valence-electron chi connectivity index (χ1n) is 6.39. The quantitative estimate of drug-likeness (QED) is 0.271. The highest BCUT2D eigenvalue weighted by Gasteiger charge is 2.44. The molecule has 1 aliphatic rings. The lowest BCUT2D eigenvalue weighted by atomic mass is 10.1. The van der Waals surface area contributed by atoms with Gasteiger partial charge in [-0.25, -0.2) is 20.4 Å². The fraction of sp³-hybridized carbons (Fsp3) is 0.455. The topological polar surface area (TPSA) is 158 Å². The first-order valence-corrected chi connectivity index (χ1v) is 6.39. The van der Waals surface area contributed by atoms with Crippen molar-refractivity contribution in [1.29, 1.82) is 0 Å². The Morgan fingerprint density at radius 2 is 2.23 bits per heavy atom. The number of anilines is 1. The largest absolute Gasteiger partial charge is 0.387 e. The molecule has 2 aromatic rings. The third-order valence-electron chi connectivity index (χ3n) is 3.38. The van der Waals surface area contributed by atoms with Crippen molar-refractivity contribution in [3.63, 3.8) is 0 Å². The van der Waals surface area contributed by atoms with Crippen LogP contribution in [0.4, 0.5) is 5.82 Å². The van der Waals surface area contributed by atoms with Gasteiger partial charge in [0.25, 0.3) is 0 Å². The summed E-state index contributed by atoms with van der Waals surface area (Å²) in [5, 5.41) is 20.1. The van der Waals surface area contributed by atoms with Gasteiger partial charge in [-0.15, -0.1) is 0 Å². The zero-order valence-corrected chi connectivity index (χ0v) is 11.2. The van der Waals surface area contributed by atoms with Gasteiger partial charge in [-0.1, -0.05) is 0 Å². The van der Waals surface area contributed by atoms with E-state index in [2.05, 4.69) is 15.0 Å². The standard InChI is InChI=1S/C11H14N6O5/c12-9-6-10(14-2-13-9)17(3-15-6)11-8(20)7(19)5(22-11)1-21-16-4-18/h2-5,7-8,11,19-20H,1H2,(H,16,18)(H2,12,13,14)/t5-,7?,8?,11-/m1/s1. The molecule has 0 radical (unpaired) electrons. The van der Waals surface area contributed by atoms with E-state index < -0.39 is 24.5 Å². The highest BCUT2D eigenvalue weighted by molar-refractivity contribution is 5.81. The maximum absolute atomic E-state index is 10.1. The molecule has 11 nitrogen and oxygen atoms in total. The van der Waals surface area contributed by atoms with Gasteiger partial charge in [0.05, 0.1) is 6.33 Å². The van der Waals surface area contributed by atoms with Crippen LogP contribution in [-0.4, -0.2) is 61.1 Å². The predicted octanol–water partition coefficient (Wildman–Crippen LogP) is -2.29. The minimum atomic E-state index is -1.22. The third kappa shape index (κ3) is 2.35. The van der Waals surface area contributed by atoms with Crippen LogP contribution in [0.1, 0.15) is 6.23 Å². The minimum absolute atomic E-state index is 0.128. The monoisotopic (exact) mass is 310 g/mol. The fourth-order valence-corrected chi connectivity index (χ4v) is 2.32. The number of aliphatic hydroxyl groups is 2. The van der Waals surface area contributed by atoms with Gasteiger partial charge >= 0.3 is 0 Å². The lowest BCUT2D eigenvalue weighted by Gasteiger charge is -2.16. The average molecular weight is 310 g/mol. The van der Waals surface area contributed by atoms with E-state index in [9.17, 15) is 15.0 Å². The smallest absolute Gasteiger partial charge is 0.230 e. The molecule has 0 spiro atoms. The molecule has 2 aromatic heterocycles. The van der Waals surface area contributed by atoms with E-state index in [0.717, 1.165) is 0 Å². The molecule has 1 fully saturated rings. The van der Waals surface area contributed by atoms with Crippen LogP contribution in [0.5, 0.6) is 0 Å². The Kier molecular flexibility index (Phi) is 3.85. The molecule has 3 heterocycles. The number of nitrogens with zero attached hydrogens (tertiary/aromatic N) is 4. The molecule has 2 unspecified atom stereocenters. The van der Waals surface area contributed by atoms with Crippen molar-refractivity contribution in [3.05, 3.63) is 12.7 Å². The van der Waals surface area contributed by atoms with E-state index in [-0.39, 0.29) is 12.4 Å². The summed E-state index contributed by atoms with van der Waals surface area (Å²) in [4.78, 5) is 26.8. The first kappa shape index (κ1) is 14.6. The minimum Gasteiger partial charge on any atom is -0.387 e. The van der Waals surface area contributed by atoms with E-state index in [4.69, 9.17) is 15.3 Å². The summed E-state index contributed by atoms with van der Waals surface area (Å²) >= 11 is 0. The molecule has 5 N–H and O–H groups in total. The van der Waals surface area contributed by atoms with Crippen LogP contribution in [0, 0.1) is 0 Å². The van der Waals surface area contributed by atoms with Crippen LogP contribution >= 0.6 is 0 Å². The Balaban J connectivity index is 1.84. The fourth-order valence-electron chi connectivity index (χ4n) is 2.32. The second-order valence-electron chi connectivity index (χ2n) is 4.68. The lowest BCUT2D eigenvalue weighted by Crippen LogP contribution is -2.35. The Morgan fingerprint density at radius 3 is 3.00 bits per heavy atom. The maximum atomic E-state index is 10.1. The Labute approximate surface area is 123 Å². The third-order valence-corrected chi connectivity index (χ3v) is 3.38. The van der Waals surface area contributed by atoms with Crippen LogP contribution in [0.25, 0.3) is 11.2 Å². The number of nitrogens with one attached hydrogen (secondary N) is 1. The van der Waals surface area contributed by atoms with Crippen molar-refractivity contribution < 1.29 is 24.6 Å². The molecular formula is C11H14N6O5. The van der Waals surface area contributed by atoms with Crippen LogP contribution in [0.3, 0.4) is 0 Å². The van der Waals surface area contributed by atoms with E-state index in [1.54, 1.807) is 0 Å². The summed E-state index contributed by atoms with van der Waals surface area (Å²) in [6.07, 6.45) is -1.17. The van der Waals surface area contributed by atoms with Gasteiger partial charge in [0.1, 0.15) is 36.8 Å². The maximum Gasteiger partial charge on any atom is 0.230 e. The molecule has 22 heavy (non-hydrogen) atoms. The van der Waals surface area contributed by atoms with Crippen molar-refractivity contribution in [2.24, 2.45) is 0 Å². The average Bonchev–Trinajstić information content (AvgIpc) is 3.05. The van der Waals surface area contributed by atoms with E-state index in [1.807, 2.05) is 5.48 Å². The zero-order valence-electron chi connectivity index (χ0n) is 11.2. The number of hydroxylamine groups is 1. The molecule has 0 bridgehead atoms. The number of aliphatic hydroxyl groups excluding tert-OH is 2. The summed E-state index contributed by atoms with van der Waals surface area (Å²) < 4.78 is 7.02. The molecule has 118 valence electrons. The second-order valence-corrected chi connectivity index (χ2v) is 4.68. The Morgan fingerprint density at radius 1 is 1.41 bits per heavy atom. The number of aromatic nitrogens is 4. The Hall–Kier alpha value is -2.34. The zero-order chi connectivity index (χ0) is 15.7. The number of hydrogen-bond donors (Lipinski definition) is 4. The molecular weight excluding hydrogens is 296 g/mol. The number of carbonyl (C=O) groups excluding carboxylic acids is 1. The highest BCUT2D eigenvalue weighted by atomic mass is 16.7. The summed E-state index contributed by atoms with van der Waals surface area (Å²) in [6, 6.07) is 0. The summed E-state index contributed by atoms with van der Waals surface area (Å²) in [5.41, 5.74) is 8.43. The van der Waals surface area contributed by atoms with E-state index in [1.165, 1.54) is 17.2 Å². The molecule has 1 saturated heterocycles. The highest BCUT2D eigenvalue weighted by Crippen LogP contribution is 2.31. The van der Waals surface area contributed by atoms with Gasteiger partial charge in [0.2, 0.25) is 6.41 Å². The molecule has 3 rings (SSSR count). The van der Waals surface area contributed by atoms with E-state index in [0.29, 0.717) is 17.6 Å². The van der Waals surface area contributed by atoms with E-state index >= 15 is 0 Å². The van der Waals surface area contributed by atoms with Crippen LogP contribution < -0.4 is 11.2 Å². The normalized spacial score (nSPS) is 28.1. The number of nitrogens with two attached hydrogens (primary N) is 1. The number of amides is 1. The van der Waals surface area contributed by atoms with Gasteiger partial charge in [-0.2, -0.15) is 0 Å². The number of hydrogen-bond acceptors (Lipinski definition) is 9. The first-order chi connectivity index (χ1) is 10.6. The summed E-state index contributed by atoms with van der Waals surface area (Å²) in [5.74, 6) is 0.201. The van der Waals surface area contributed by atoms with Gasteiger partial charge in [-0.05, 0) is 0 Å². The molecule has 0 aromatic carbocycles. The van der Waals surface area contributed by atoms with Gasteiger partial charge in [0.15, 0.2) is 17.7 Å². The van der Waals surface area contributed by atoms with Crippen LogP contribution in [0.15, 0.2) is 12.7 Å². The summed E-state index contributed by atoms with van der Waals surface area (Å²) in [6.45, 7) is -0.128. The number of fused-ring (bicyclic) bond motifs is 1. The molecule has 0 saturated carbocycles. The van der Waals surface area contributed by atoms with Crippen molar-refractivity contribution in [2.45, 2.75) is 24.5 Å². The van der Waals surface area contributed by atoms with Gasteiger partial charge in [-0.3, -0.25) is 14.2 Å². The van der Waals surface area contributed by atoms with Crippen molar-refractivity contribution in [3.8, 4) is 0 Å². The lowest BCUT2D eigenvalue weighted by molar-refractivity contribution is -0.127. The molecule has 1 amide bonds. The number of ether oxygens (including phenoxy) is 1. The van der Waals surface area contributed by atoms with Crippen molar-refractivity contribution in [2.75, 3.05) is 12.3 Å². The second kappa shape index (κ2) is 5.81. The number of nitrogen functional groups attached to an aromatic ring is 1. The van der Waals surface area contributed by atoms with Gasteiger partial charge < -0.3 is 20.7 Å². The molecule has 11 heteroatoms. The Bertz CT molecular complexity index is 678. The SMILES string of the molecule is Nc1ncnc2c1ncn2[C@@H]1O[C@H](CONC=O)C(O)C1O. The molecule has 0 aliphatic carbocycles. The molecule has 4 atom stereocenters. The van der Waals surface area contributed by atoms with Gasteiger partial charge in [0, 0.05) is 0 Å². The van der Waals surface area contributed by atoms with Crippen LogP contribution in [0.2, 0.25) is 0 Å². The predicted molar refractivity (Wildman–Crippen MR) is 70.8 cm³/mol. The van der Waals surface area contributed by atoms with Crippen molar-refractivity contribution in [1.82, 2.24) is 25.0 Å². The number of rotatable bonds is 5. The van der Waals surface area contributed by atoms with Crippen molar-refractivity contribution >= 4 is 23.4 Å². The molecule has 1 aliphatic heterocycles. The number of carbonyl (C=O) groups is 1. The van der Waals surface area contributed by atoms with Crippen LogP contribution in [-0.2, 0) is 14.4 Å². The summed E-state index contributed by atoms with van der Waals surface area (Å²) in [7, 11) is 0.